The number of ether oxygens (including phenoxy) is 1. The summed E-state index contributed by atoms with van der Waals surface area (Å²) in [5, 5.41) is 5.90. The molecule has 25 heavy (non-hydrogen) atoms. The molecule has 5 nitrogen and oxygen atoms in total. The molecular formula is C19H19N3O2S. The molecule has 3 rings (SSSR count). The van der Waals surface area contributed by atoms with Crippen LogP contribution in [0.25, 0.3) is 0 Å². The average molecular weight is 353 g/mol. The standard InChI is InChI=1S/C19H19N3O2S/c1-14-22-17(13-25-14)12-24-18-7-4-5-15(11-18)19(23)21-10-8-16-6-2-3-9-20-16/h2-7,9,11,13H,8,10,12H2,1H3,(H,21,23). The summed E-state index contributed by atoms with van der Waals surface area (Å²) in [5.41, 5.74) is 2.43. The Morgan fingerprint density at radius 1 is 1.20 bits per heavy atom. The van der Waals surface area contributed by atoms with Crippen molar-refractivity contribution < 1.29 is 9.53 Å². The number of aryl methyl sites for hydroxylation is 1. The van der Waals surface area contributed by atoms with Crippen LogP contribution in [0.2, 0.25) is 0 Å². The van der Waals surface area contributed by atoms with Gasteiger partial charge in [-0.2, -0.15) is 0 Å². The SMILES string of the molecule is Cc1nc(COc2cccc(C(=O)NCCc3ccccn3)c2)cs1. The Bertz CT molecular complexity index is 833. The van der Waals surface area contributed by atoms with Crippen LogP contribution in [0.3, 0.4) is 0 Å². The number of aromatic nitrogens is 2. The Morgan fingerprint density at radius 2 is 2.12 bits per heavy atom. The summed E-state index contributed by atoms with van der Waals surface area (Å²) in [6, 6.07) is 12.9. The second-order valence-electron chi connectivity index (χ2n) is 5.50. The summed E-state index contributed by atoms with van der Waals surface area (Å²) in [4.78, 5) is 20.9. The largest absolute Gasteiger partial charge is 0.487 e. The molecule has 0 radical (unpaired) electrons. The predicted molar refractivity (Wildman–Crippen MR) is 97.9 cm³/mol. The highest BCUT2D eigenvalue weighted by Crippen LogP contribution is 2.16. The Kier molecular flexibility index (Phi) is 5.74. The Morgan fingerprint density at radius 3 is 2.88 bits per heavy atom. The van der Waals surface area contributed by atoms with Crippen LogP contribution < -0.4 is 10.1 Å². The molecule has 1 amide bonds. The van der Waals surface area contributed by atoms with Gasteiger partial charge in [-0.3, -0.25) is 9.78 Å². The van der Waals surface area contributed by atoms with Crippen LogP contribution >= 0.6 is 11.3 Å². The molecule has 0 fully saturated rings. The minimum Gasteiger partial charge on any atom is -0.487 e. The van der Waals surface area contributed by atoms with Crippen molar-refractivity contribution in [3.8, 4) is 5.75 Å². The van der Waals surface area contributed by atoms with Gasteiger partial charge in [0.2, 0.25) is 0 Å². The second kappa shape index (κ2) is 8.39. The van der Waals surface area contributed by atoms with Gasteiger partial charge in [0, 0.05) is 35.8 Å². The lowest BCUT2D eigenvalue weighted by atomic mass is 10.2. The van der Waals surface area contributed by atoms with Crippen molar-refractivity contribution in [3.05, 3.63) is 76.0 Å². The van der Waals surface area contributed by atoms with Crippen LogP contribution in [0.5, 0.6) is 5.75 Å². The van der Waals surface area contributed by atoms with E-state index in [0.717, 1.165) is 16.4 Å². The van der Waals surface area contributed by atoms with Crippen LogP contribution in [0.4, 0.5) is 0 Å². The number of rotatable bonds is 7. The number of carbonyl (C=O) groups excluding carboxylic acids is 1. The Balaban J connectivity index is 1.52. The van der Waals surface area contributed by atoms with E-state index in [2.05, 4.69) is 15.3 Å². The first kappa shape index (κ1) is 17.1. The highest BCUT2D eigenvalue weighted by molar-refractivity contribution is 7.09. The fourth-order valence-electron chi connectivity index (χ4n) is 2.31. The summed E-state index contributed by atoms with van der Waals surface area (Å²) in [6.07, 6.45) is 2.45. The van der Waals surface area contributed by atoms with E-state index in [1.165, 1.54) is 0 Å². The summed E-state index contributed by atoms with van der Waals surface area (Å²) >= 11 is 1.59. The van der Waals surface area contributed by atoms with E-state index in [-0.39, 0.29) is 5.91 Å². The molecule has 0 aliphatic rings. The highest BCUT2D eigenvalue weighted by Gasteiger charge is 2.07. The topological polar surface area (TPSA) is 64.1 Å². The van der Waals surface area contributed by atoms with Crippen molar-refractivity contribution in [2.75, 3.05) is 6.54 Å². The molecular weight excluding hydrogens is 334 g/mol. The number of hydrogen-bond donors (Lipinski definition) is 1. The van der Waals surface area contributed by atoms with E-state index < -0.39 is 0 Å². The molecule has 0 bridgehead atoms. The third kappa shape index (κ3) is 5.12. The zero-order valence-electron chi connectivity index (χ0n) is 13.9. The molecule has 0 saturated carbocycles. The second-order valence-corrected chi connectivity index (χ2v) is 6.56. The molecule has 1 aromatic carbocycles. The molecule has 2 heterocycles. The molecule has 0 saturated heterocycles. The maximum Gasteiger partial charge on any atom is 0.251 e. The van der Waals surface area contributed by atoms with Crippen molar-refractivity contribution in [3.63, 3.8) is 0 Å². The number of pyridine rings is 1. The highest BCUT2D eigenvalue weighted by atomic mass is 32.1. The van der Waals surface area contributed by atoms with E-state index in [1.807, 2.05) is 42.6 Å². The number of amides is 1. The van der Waals surface area contributed by atoms with Gasteiger partial charge in [-0.05, 0) is 37.3 Å². The summed E-state index contributed by atoms with van der Waals surface area (Å²) in [7, 11) is 0. The molecule has 2 aromatic heterocycles. The van der Waals surface area contributed by atoms with Crippen LogP contribution in [0.1, 0.15) is 26.8 Å². The number of nitrogens with zero attached hydrogens (tertiary/aromatic N) is 2. The maximum absolute atomic E-state index is 12.3. The smallest absolute Gasteiger partial charge is 0.251 e. The zero-order chi connectivity index (χ0) is 17.5. The third-order valence-electron chi connectivity index (χ3n) is 3.54. The number of nitrogens with one attached hydrogen (secondary N) is 1. The van der Waals surface area contributed by atoms with Crippen molar-refractivity contribution in [2.24, 2.45) is 0 Å². The lowest BCUT2D eigenvalue weighted by molar-refractivity contribution is 0.0953. The van der Waals surface area contributed by atoms with Gasteiger partial charge in [0.15, 0.2) is 0 Å². The van der Waals surface area contributed by atoms with Gasteiger partial charge in [0.25, 0.3) is 5.91 Å². The van der Waals surface area contributed by atoms with Crippen LogP contribution in [0, 0.1) is 6.92 Å². The van der Waals surface area contributed by atoms with E-state index in [1.54, 1.807) is 29.7 Å². The van der Waals surface area contributed by atoms with Crippen molar-refractivity contribution >= 4 is 17.2 Å². The van der Waals surface area contributed by atoms with Crippen LogP contribution in [0.15, 0.2) is 54.0 Å². The molecule has 0 aliphatic heterocycles. The number of thiazole rings is 1. The Labute approximate surface area is 150 Å². The van der Waals surface area contributed by atoms with Gasteiger partial charge < -0.3 is 10.1 Å². The van der Waals surface area contributed by atoms with E-state index in [0.29, 0.717) is 30.9 Å². The molecule has 6 heteroatoms. The van der Waals surface area contributed by atoms with Gasteiger partial charge in [-0.1, -0.05) is 12.1 Å². The maximum atomic E-state index is 12.3. The van der Waals surface area contributed by atoms with E-state index >= 15 is 0 Å². The monoisotopic (exact) mass is 353 g/mol. The number of benzene rings is 1. The van der Waals surface area contributed by atoms with Crippen molar-refractivity contribution in [2.45, 2.75) is 20.0 Å². The Hall–Kier alpha value is -2.73. The minimum atomic E-state index is -0.120. The van der Waals surface area contributed by atoms with Crippen molar-refractivity contribution in [1.82, 2.24) is 15.3 Å². The minimum absolute atomic E-state index is 0.120. The molecule has 0 aliphatic carbocycles. The first-order chi connectivity index (χ1) is 12.2. The van der Waals surface area contributed by atoms with Gasteiger partial charge in [-0.25, -0.2) is 4.98 Å². The summed E-state index contributed by atoms with van der Waals surface area (Å²) < 4.78 is 5.72. The van der Waals surface area contributed by atoms with Crippen LogP contribution in [-0.4, -0.2) is 22.4 Å². The molecule has 0 unspecified atom stereocenters. The van der Waals surface area contributed by atoms with Crippen molar-refractivity contribution in [1.29, 1.82) is 0 Å². The summed E-state index contributed by atoms with van der Waals surface area (Å²) in [5.74, 6) is 0.536. The first-order valence-electron chi connectivity index (χ1n) is 8.03. The van der Waals surface area contributed by atoms with Gasteiger partial charge in [0.1, 0.15) is 12.4 Å². The van der Waals surface area contributed by atoms with Gasteiger partial charge in [-0.15, -0.1) is 11.3 Å². The predicted octanol–water partition coefficient (Wildman–Crippen LogP) is 3.40. The molecule has 0 spiro atoms. The lowest BCUT2D eigenvalue weighted by Gasteiger charge is -2.08. The molecule has 128 valence electrons. The van der Waals surface area contributed by atoms with Crippen LogP contribution in [-0.2, 0) is 13.0 Å². The first-order valence-corrected chi connectivity index (χ1v) is 8.90. The third-order valence-corrected chi connectivity index (χ3v) is 4.36. The normalized spacial score (nSPS) is 10.4. The number of hydrogen-bond acceptors (Lipinski definition) is 5. The van der Waals surface area contributed by atoms with Gasteiger partial charge in [0.05, 0.1) is 10.7 Å². The van der Waals surface area contributed by atoms with Gasteiger partial charge >= 0.3 is 0 Å². The van der Waals surface area contributed by atoms with E-state index in [9.17, 15) is 4.79 Å². The fraction of sp³-hybridized carbons (Fsp3) is 0.211. The lowest BCUT2D eigenvalue weighted by Crippen LogP contribution is -2.25. The summed E-state index contributed by atoms with van der Waals surface area (Å²) in [6.45, 7) is 2.90. The zero-order valence-corrected chi connectivity index (χ0v) is 14.8. The fourth-order valence-corrected chi connectivity index (χ4v) is 2.91. The average Bonchev–Trinajstić information content (AvgIpc) is 3.06. The molecule has 3 aromatic rings. The molecule has 1 N–H and O–H groups in total. The number of carbonyl (C=O) groups is 1. The molecule has 0 atom stereocenters. The van der Waals surface area contributed by atoms with E-state index in [4.69, 9.17) is 4.74 Å². The quantitative estimate of drug-likeness (QED) is 0.707.